The highest BCUT2D eigenvalue weighted by Gasteiger charge is 2.42. The predicted octanol–water partition coefficient (Wildman–Crippen LogP) is 4.07. The minimum atomic E-state index is -1.24. The van der Waals surface area contributed by atoms with Crippen LogP contribution in [0.3, 0.4) is 0 Å². The summed E-state index contributed by atoms with van der Waals surface area (Å²) in [6.07, 6.45) is -1.20. The van der Waals surface area contributed by atoms with Crippen molar-refractivity contribution in [3.8, 4) is 11.5 Å². The molecule has 1 heterocycles. The molecule has 0 aromatic heterocycles. The molecule has 3 rings (SSSR count). The van der Waals surface area contributed by atoms with E-state index in [9.17, 15) is 14.3 Å². The average Bonchev–Trinajstić information content (AvgIpc) is 2.85. The summed E-state index contributed by atoms with van der Waals surface area (Å²) in [5, 5.41) is 9.18. The quantitative estimate of drug-likeness (QED) is 0.840. The van der Waals surface area contributed by atoms with Crippen LogP contribution in [0.5, 0.6) is 11.5 Å². The van der Waals surface area contributed by atoms with E-state index in [0.29, 0.717) is 12.3 Å². The smallest absolute Gasteiger partial charge is 0.308 e. The van der Waals surface area contributed by atoms with Crippen LogP contribution in [0.25, 0.3) is 0 Å². The molecule has 1 saturated heterocycles. The van der Waals surface area contributed by atoms with Crippen LogP contribution in [-0.4, -0.2) is 28.3 Å². The lowest BCUT2D eigenvalue weighted by Crippen LogP contribution is -2.34. The van der Waals surface area contributed by atoms with Crippen molar-refractivity contribution < 1.29 is 19.0 Å². The lowest BCUT2D eigenvalue weighted by atomic mass is 10.0. The van der Waals surface area contributed by atoms with E-state index in [0.717, 1.165) is 11.3 Å². The maximum Gasteiger partial charge on any atom is 0.308 e. The Hall–Kier alpha value is -2.40. The lowest BCUT2D eigenvalue weighted by molar-refractivity contribution is -0.142. The number of hydrogen-bond donors (Lipinski definition) is 1. The number of halogens is 1. The molecule has 0 saturated carbocycles. The van der Waals surface area contributed by atoms with Gasteiger partial charge in [-0.25, -0.2) is 4.39 Å². The molecule has 0 amide bonds. The minimum Gasteiger partial charge on any atom is -0.481 e. The zero-order valence-corrected chi connectivity index (χ0v) is 13.4. The van der Waals surface area contributed by atoms with E-state index < -0.39 is 18.2 Å². The van der Waals surface area contributed by atoms with E-state index in [4.69, 9.17) is 4.74 Å². The molecular formula is C19H20FNO3. The Morgan fingerprint density at radius 2 is 1.92 bits per heavy atom. The summed E-state index contributed by atoms with van der Waals surface area (Å²) in [5.74, 6) is -0.188. The Morgan fingerprint density at radius 1 is 1.21 bits per heavy atom. The summed E-state index contributed by atoms with van der Waals surface area (Å²) >= 11 is 0. The van der Waals surface area contributed by atoms with Gasteiger partial charge in [0.2, 0.25) is 0 Å². The number of benzene rings is 2. The Morgan fingerprint density at radius 3 is 2.58 bits per heavy atom. The van der Waals surface area contributed by atoms with Crippen molar-refractivity contribution >= 4 is 5.97 Å². The van der Waals surface area contributed by atoms with Crippen molar-refractivity contribution in [1.29, 1.82) is 0 Å². The molecule has 0 aliphatic carbocycles. The van der Waals surface area contributed by atoms with Gasteiger partial charge in [0.25, 0.3) is 0 Å². The van der Waals surface area contributed by atoms with Crippen LogP contribution < -0.4 is 4.74 Å². The average molecular weight is 329 g/mol. The number of nitrogens with zero attached hydrogens (tertiary/aromatic N) is 1. The van der Waals surface area contributed by atoms with E-state index in [1.807, 2.05) is 54.6 Å². The Balaban J connectivity index is 1.72. The van der Waals surface area contributed by atoms with Crippen LogP contribution >= 0.6 is 0 Å². The SMILES string of the molecule is CC1C(C(=O)O)CC(F)N1Cc1cccc(Oc2ccccc2)c1. The van der Waals surface area contributed by atoms with Gasteiger partial charge in [-0.1, -0.05) is 30.3 Å². The summed E-state index contributed by atoms with van der Waals surface area (Å²) < 4.78 is 20.0. The summed E-state index contributed by atoms with van der Waals surface area (Å²) in [6.45, 7) is 2.13. The van der Waals surface area contributed by atoms with Gasteiger partial charge in [0.05, 0.1) is 5.92 Å². The fourth-order valence-electron chi connectivity index (χ4n) is 3.12. The van der Waals surface area contributed by atoms with Gasteiger partial charge in [-0.15, -0.1) is 0 Å². The first-order chi connectivity index (χ1) is 11.5. The van der Waals surface area contributed by atoms with Crippen molar-refractivity contribution in [2.45, 2.75) is 32.2 Å². The monoisotopic (exact) mass is 329 g/mol. The number of aliphatic carboxylic acids is 1. The van der Waals surface area contributed by atoms with E-state index >= 15 is 0 Å². The predicted molar refractivity (Wildman–Crippen MR) is 88.6 cm³/mol. The third-order valence-corrected chi connectivity index (χ3v) is 4.47. The highest BCUT2D eigenvalue weighted by molar-refractivity contribution is 5.71. The van der Waals surface area contributed by atoms with Gasteiger partial charge < -0.3 is 9.84 Å². The number of hydrogen-bond acceptors (Lipinski definition) is 3. The molecule has 0 spiro atoms. The number of likely N-dealkylation sites (tertiary alicyclic amines) is 1. The van der Waals surface area contributed by atoms with Crippen molar-refractivity contribution in [1.82, 2.24) is 4.90 Å². The number of alkyl halides is 1. The number of carbonyl (C=O) groups is 1. The normalized spacial score (nSPS) is 24.0. The van der Waals surface area contributed by atoms with Gasteiger partial charge in [-0.2, -0.15) is 0 Å². The van der Waals surface area contributed by atoms with Gasteiger partial charge in [-0.3, -0.25) is 9.69 Å². The standard InChI is InChI=1S/C19H20FNO3/c1-13-17(19(22)23)11-18(20)21(13)12-14-6-5-9-16(10-14)24-15-7-3-2-4-8-15/h2-10,13,17-18H,11-12H2,1H3,(H,22,23). The van der Waals surface area contributed by atoms with Crippen LogP contribution in [0.2, 0.25) is 0 Å². The molecule has 5 heteroatoms. The second-order valence-corrected chi connectivity index (χ2v) is 6.09. The maximum absolute atomic E-state index is 14.2. The third kappa shape index (κ3) is 3.57. The van der Waals surface area contributed by atoms with E-state index in [1.54, 1.807) is 11.8 Å². The molecule has 2 aromatic carbocycles. The molecule has 0 radical (unpaired) electrons. The zero-order valence-electron chi connectivity index (χ0n) is 13.4. The summed E-state index contributed by atoms with van der Waals surface area (Å²) in [7, 11) is 0. The largest absolute Gasteiger partial charge is 0.481 e. The van der Waals surface area contributed by atoms with Gasteiger partial charge in [0.15, 0.2) is 6.30 Å². The van der Waals surface area contributed by atoms with Crippen LogP contribution in [0.1, 0.15) is 18.9 Å². The van der Waals surface area contributed by atoms with Gasteiger partial charge >= 0.3 is 5.97 Å². The third-order valence-electron chi connectivity index (χ3n) is 4.47. The van der Waals surface area contributed by atoms with Crippen molar-refractivity contribution in [2.24, 2.45) is 5.92 Å². The zero-order chi connectivity index (χ0) is 17.1. The van der Waals surface area contributed by atoms with Crippen molar-refractivity contribution in [3.63, 3.8) is 0 Å². The second-order valence-electron chi connectivity index (χ2n) is 6.09. The van der Waals surface area contributed by atoms with Crippen molar-refractivity contribution in [2.75, 3.05) is 0 Å². The molecule has 1 aliphatic heterocycles. The molecule has 2 aromatic rings. The first kappa shape index (κ1) is 16.5. The van der Waals surface area contributed by atoms with Crippen LogP contribution in [0, 0.1) is 5.92 Å². The van der Waals surface area contributed by atoms with Crippen LogP contribution in [0.15, 0.2) is 54.6 Å². The van der Waals surface area contributed by atoms with E-state index in [-0.39, 0.29) is 12.5 Å². The molecule has 3 unspecified atom stereocenters. The molecule has 1 aliphatic rings. The number of para-hydroxylation sites is 1. The number of carboxylic acid groups (broad SMARTS) is 1. The molecule has 126 valence electrons. The highest BCUT2D eigenvalue weighted by atomic mass is 19.1. The Labute approximate surface area is 140 Å². The fraction of sp³-hybridized carbons (Fsp3) is 0.316. The second kappa shape index (κ2) is 7.01. The van der Waals surface area contributed by atoms with E-state index in [2.05, 4.69) is 0 Å². The van der Waals surface area contributed by atoms with Crippen LogP contribution in [0.4, 0.5) is 4.39 Å². The Kier molecular flexibility index (Phi) is 4.81. The summed E-state index contributed by atoms with van der Waals surface area (Å²) in [4.78, 5) is 12.8. The maximum atomic E-state index is 14.2. The van der Waals surface area contributed by atoms with Gasteiger partial charge in [0.1, 0.15) is 11.5 Å². The number of ether oxygens (including phenoxy) is 1. The van der Waals surface area contributed by atoms with Gasteiger partial charge in [-0.05, 0) is 36.8 Å². The number of rotatable bonds is 5. The van der Waals surface area contributed by atoms with Crippen LogP contribution in [-0.2, 0) is 11.3 Å². The van der Waals surface area contributed by atoms with Gasteiger partial charge in [0, 0.05) is 19.0 Å². The molecular weight excluding hydrogens is 309 g/mol. The fourth-order valence-corrected chi connectivity index (χ4v) is 3.12. The summed E-state index contributed by atoms with van der Waals surface area (Å²) in [6, 6.07) is 16.6. The molecule has 4 nitrogen and oxygen atoms in total. The highest BCUT2D eigenvalue weighted by Crippen LogP contribution is 2.33. The topological polar surface area (TPSA) is 49.8 Å². The molecule has 24 heavy (non-hydrogen) atoms. The molecule has 1 fully saturated rings. The Bertz CT molecular complexity index is 707. The first-order valence-electron chi connectivity index (χ1n) is 7.99. The lowest BCUT2D eigenvalue weighted by Gasteiger charge is -2.24. The van der Waals surface area contributed by atoms with E-state index in [1.165, 1.54) is 0 Å². The number of carboxylic acids is 1. The first-order valence-corrected chi connectivity index (χ1v) is 7.99. The molecule has 1 N–H and O–H groups in total. The summed E-state index contributed by atoms with van der Waals surface area (Å²) in [5.41, 5.74) is 0.893. The molecule has 3 atom stereocenters. The minimum absolute atomic E-state index is 0.0384. The molecule has 0 bridgehead atoms. The van der Waals surface area contributed by atoms with Crippen molar-refractivity contribution in [3.05, 3.63) is 60.2 Å².